The topological polar surface area (TPSA) is 125 Å². The van der Waals surface area contributed by atoms with Crippen LogP contribution >= 0.6 is 0 Å². The SMILES string of the molecule is CC(C)(C)OC(=O)N1Cc2c(-c3cnc4cnccn34)ccc(Nc3ccc(N4CC[C@H](F)[C@@H](O)C4)cn3)c2C1=O. The standard InChI is InChI=1S/C29H30FN7O4/c1-29(2,3)41-28(40)37-15-19-18(22-13-33-25-14-31-9-11-36(22)25)5-6-21(26(19)27(37)39)34-24-7-4-17(12-32-24)35-10-8-20(30)23(38)16-35/h4-7,9,11-14,20,23,38H,8,10,15-16H2,1-3H3,(H,32,34)/t20-,23-/m0/s1. The number of alkyl halides is 1. The van der Waals surface area contributed by atoms with E-state index in [1.165, 1.54) is 0 Å². The minimum atomic E-state index is -1.22. The van der Waals surface area contributed by atoms with Crippen molar-refractivity contribution >= 4 is 34.8 Å². The first-order valence-electron chi connectivity index (χ1n) is 13.4. The molecule has 0 aliphatic carbocycles. The molecule has 0 radical (unpaired) electrons. The van der Waals surface area contributed by atoms with E-state index in [1.54, 1.807) is 63.9 Å². The summed E-state index contributed by atoms with van der Waals surface area (Å²) < 4.78 is 21.1. The number of amides is 2. The van der Waals surface area contributed by atoms with Crippen LogP contribution in [0.5, 0.6) is 0 Å². The minimum absolute atomic E-state index is 0.0332. The number of hydrogen-bond donors (Lipinski definition) is 2. The highest BCUT2D eigenvalue weighted by atomic mass is 19.1. The Morgan fingerprint density at radius 1 is 1.15 bits per heavy atom. The van der Waals surface area contributed by atoms with Crippen molar-refractivity contribution in [3.63, 3.8) is 0 Å². The number of benzene rings is 1. The number of halogens is 1. The Labute approximate surface area is 235 Å². The van der Waals surface area contributed by atoms with Gasteiger partial charge in [-0.1, -0.05) is 6.07 Å². The molecule has 212 valence electrons. The number of imide groups is 1. The van der Waals surface area contributed by atoms with Crippen molar-refractivity contribution in [1.82, 2.24) is 24.3 Å². The van der Waals surface area contributed by atoms with Crippen LogP contribution in [0.4, 0.5) is 26.4 Å². The molecule has 2 N–H and O–H groups in total. The minimum Gasteiger partial charge on any atom is -0.443 e. The second kappa shape index (κ2) is 10.1. The summed E-state index contributed by atoms with van der Waals surface area (Å²) in [7, 11) is 0. The molecule has 6 rings (SSSR count). The lowest BCUT2D eigenvalue weighted by Crippen LogP contribution is -2.45. The molecule has 2 atom stereocenters. The molecule has 2 amide bonds. The first-order valence-corrected chi connectivity index (χ1v) is 13.4. The number of nitrogens with zero attached hydrogens (tertiary/aromatic N) is 6. The Morgan fingerprint density at radius 3 is 2.71 bits per heavy atom. The van der Waals surface area contributed by atoms with E-state index in [4.69, 9.17) is 4.74 Å². The Bertz CT molecular complexity index is 1630. The predicted octanol–water partition coefficient (Wildman–Crippen LogP) is 4.33. The van der Waals surface area contributed by atoms with Crippen molar-refractivity contribution in [2.75, 3.05) is 23.3 Å². The summed E-state index contributed by atoms with van der Waals surface area (Å²) in [6.07, 6.45) is 5.71. The molecule has 12 heteroatoms. The molecule has 4 aromatic rings. The van der Waals surface area contributed by atoms with Crippen LogP contribution in [0.15, 0.2) is 55.2 Å². The molecule has 2 aliphatic rings. The molecule has 0 saturated carbocycles. The predicted molar refractivity (Wildman–Crippen MR) is 150 cm³/mol. The molecule has 3 aromatic heterocycles. The fraction of sp³-hybridized carbons (Fsp3) is 0.345. The van der Waals surface area contributed by atoms with Crippen molar-refractivity contribution in [2.45, 2.75) is 51.6 Å². The number of aliphatic hydroxyl groups is 1. The fourth-order valence-corrected chi connectivity index (χ4v) is 5.19. The largest absolute Gasteiger partial charge is 0.443 e. The number of aliphatic hydroxyl groups excluding tert-OH is 1. The zero-order chi connectivity index (χ0) is 28.9. The van der Waals surface area contributed by atoms with Crippen LogP contribution in [-0.4, -0.2) is 72.3 Å². The normalized spacial score (nSPS) is 19.0. The number of aromatic nitrogens is 4. The van der Waals surface area contributed by atoms with Crippen LogP contribution in [0.1, 0.15) is 43.1 Å². The number of pyridine rings is 1. The van der Waals surface area contributed by atoms with Gasteiger partial charge in [-0.25, -0.2) is 24.1 Å². The lowest BCUT2D eigenvalue weighted by molar-refractivity contribution is 0.0248. The molecule has 0 spiro atoms. The van der Waals surface area contributed by atoms with E-state index >= 15 is 0 Å². The Balaban J connectivity index is 1.34. The smallest absolute Gasteiger partial charge is 0.417 e. The molecule has 41 heavy (non-hydrogen) atoms. The monoisotopic (exact) mass is 559 g/mol. The fourth-order valence-electron chi connectivity index (χ4n) is 5.19. The van der Waals surface area contributed by atoms with Gasteiger partial charge in [0.2, 0.25) is 0 Å². The molecule has 1 fully saturated rings. The third-order valence-corrected chi connectivity index (χ3v) is 7.17. The van der Waals surface area contributed by atoms with Crippen LogP contribution < -0.4 is 10.2 Å². The first kappa shape index (κ1) is 26.6. The van der Waals surface area contributed by atoms with Crippen molar-refractivity contribution in [1.29, 1.82) is 0 Å². The van der Waals surface area contributed by atoms with Gasteiger partial charge in [0.05, 0.1) is 47.8 Å². The van der Waals surface area contributed by atoms with Crippen molar-refractivity contribution in [3.8, 4) is 11.3 Å². The van der Waals surface area contributed by atoms with Gasteiger partial charge in [0.25, 0.3) is 5.91 Å². The summed E-state index contributed by atoms with van der Waals surface area (Å²) in [5.74, 6) is 0.00260. The van der Waals surface area contributed by atoms with E-state index in [0.717, 1.165) is 21.8 Å². The Morgan fingerprint density at radius 2 is 1.98 bits per heavy atom. The van der Waals surface area contributed by atoms with E-state index in [0.29, 0.717) is 34.8 Å². The van der Waals surface area contributed by atoms with Gasteiger partial charge in [0, 0.05) is 31.0 Å². The van der Waals surface area contributed by atoms with E-state index in [1.807, 2.05) is 21.4 Å². The average Bonchev–Trinajstić information content (AvgIpc) is 3.52. The number of hydrogen-bond acceptors (Lipinski definition) is 9. The van der Waals surface area contributed by atoms with Crippen LogP contribution in [0.25, 0.3) is 16.9 Å². The number of carbonyl (C=O) groups excluding carboxylic acids is 2. The zero-order valence-electron chi connectivity index (χ0n) is 22.9. The molecule has 0 unspecified atom stereocenters. The molecule has 2 aliphatic heterocycles. The number of piperidine rings is 1. The lowest BCUT2D eigenvalue weighted by Gasteiger charge is -2.33. The number of anilines is 3. The summed E-state index contributed by atoms with van der Waals surface area (Å²) in [4.78, 5) is 42.8. The maximum absolute atomic E-state index is 13.7. The van der Waals surface area contributed by atoms with Gasteiger partial charge in [0.15, 0.2) is 5.65 Å². The Hall–Kier alpha value is -4.58. The van der Waals surface area contributed by atoms with Gasteiger partial charge in [-0.05, 0) is 51.0 Å². The average molecular weight is 560 g/mol. The zero-order valence-corrected chi connectivity index (χ0v) is 22.9. The molecule has 0 bridgehead atoms. The van der Waals surface area contributed by atoms with Gasteiger partial charge < -0.3 is 20.1 Å². The highest BCUT2D eigenvalue weighted by molar-refractivity contribution is 6.11. The van der Waals surface area contributed by atoms with E-state index in [-0.39, 0.29) is 19.5 Å². The van der Waals surface area contributed by atoms with Crippen LogP contribution in [-0.2, 0) is 11.3 Å². The van der Waals surface area contributed by atoms with Crippen molar-refractivity contribution < 1.29 is 23.8 Å². The number of nitrogens with one attached hydrogen (secondary N) is 1. The van der Waals surface area contributed by atoms with Crippen LogP contribution in [0, 0.1) is 0 Å². The molecular formula is C29H30FN7O4. The first-order chi connectivity index (χ1) is 19.6. The van der Waals surface area contributed by atoms with Crippen LogP contribution in [0.2, 0.25) is 0 Å². The van der Waals surface area contributed by atoms with Gasteiger partial charge in [-0.2, -0.15) is 0 Å². The number of imidazole rings is 1. The summed E-state index contributed by atoms with van der Waals surface area (Å²) >= 11 is 0. The summed E-state index contributed by atoms with van der Waals surface area (Å²) in [6.45, 7) is 5.96. The van der Waals surface area contributed by atoms with Crippen LogP contribution in [0.3, 0.4) is 0 Å². The second-order valence-corrected chi connectivity index (χ2v) is 11.2. The summed E-state index contributed by atoms with van der Waals surface area (Å²) in [5, 5.41) is 13.1. The molecule has 5 heterocycles. The summed E-state index contributed by atoms with van der Waals surface area (Å²) in [6, 6.07) is 7.25. The van der Waals surface area contributed by atoms with Crippen molar-refractivity contribution in [2.24, 2.45) is 0 Å². The molecular weight excluding hydrogens is 529 g/mol. The number of rotatable bonds is 4. The van der Waals surface area contributed by atoms with E-state index < -0.39 is 29.9 Å². The van der Waals surface area contributed by atoms with Gasteiger partial charge >= 0.3 is 6.09 Å². The number of ether oxygens (including phenoxy) is 1. The van der Waals surface area contributed by atoms with Gasteiger partial charge in [0.1, 0.15) is 23.7 Å². The van der Waals surface area contributed by atoms with Gasteiger partial charge in [-0.15, -0.1) is 0 Å². The van der Waals surface area contributed by atoms with Crippen molar-refractivity contribution in [3.05, 3.63) is 66.4 Å². The molecule has 11 nitrogen and oxygen atoms in total. The molecule has 1 aromatic carbocycles. The quantitative estimate of drug-likeness (QED) is 0.376. The third-order valence-electron chi connectivity index (χ3n) is 7.17. The molecule has 1 saturated heterocycles. The number of β-amino-alcohol motifs (C(OH)–C–C–N with tert-alkyl or cyclic N) is 1. The third kappa shape index (κ3) is 5.06. The highest BCUT2D eigenvalue weighted by Gasteiger charge is 2.39. The second-order valence-electron chi connectivity index (χ2n) is 11.2. The summed E-state index contributed by atoms with van der Waals surface area (Å²) in [5.41, 5.74) is 3.64. The number of carbonyl (C=O) groups is 2. The van der Waals surface area contributed by atoms with E-state index in [9.17, 15) is 19.1 Å². The highest BCUT2D eigenvalue weighted by Crippen LogP contribution is 2.39. The van der Waals surface area contributed by atoms with E-state index in [2.05, 4.69) is 20.3 Å². The number of fused-ring (bicyclic) bond motifs is 2. The maximum Gasteiger partial charge on any atom is 0.417 e. The maximum atomic E-state index is 13.7. The lowest BCUT2D eigenvalue weighted by atomic mass is 9.99. The Kier molecular flexibility index (Phi) is 6.57. The van der Waals surface area contributed by atoms with Gasteiger partial charge in [-0.3, -0.25) is 14.2 Å².